The molecular weight excluding hydrogens is 400 g/mol. The van der Waals surface area contributed by atoms with Crippen molar-refractivity contribution in [3.63, 3.8) is 0 Å². The molecule has 0 fully saturated rings. The molecule has 0 unspecified atom stereocenters. The van der Waals surface area contributed by atoms with Crippen molar-refractivity contribution in [3.05, 3.63) is 24.3 Å². The van der Waals surface area contributed by atoms with Gasteiger partial charge in [-0.2, -0.15) is 0 Å². The minimum absolute atomic E-state index is 0.264. The van der Waals surface area contributed by atoms with Crippen molar-refractivity contribution in [1.29, 1.82) is 0 Å². The molecule has 0 aromatic rings. The molecule has 0 amide bonds. The Kier molecular flexibility index (Phi) is 23.0. The molecule has 4 heteroatoms. The summed E-state index contributed by atoms with van der Waals surface area (Å²) in [5.74, 6) is 1.10. The second-order valence-corrected chi connectivity index (χ2v) is 9.73. The first-order valence-electron chi connectivity index (χ1n) is 12.7. The van der Waals surface area contributed by atoms with E-state index in [1.807, 2.05) is 0 Å². The minimum Gasteiger partial charge on any atom is -0.462 e. The van der Waals surface area contributed by atoms with Crippen LogP contribution in [0.3, 0.4) is 0 Å². The van der Waals surface area contributed by atoms with E-state index in [0.717, 1.165) is 37.5 Å². The molecule has 0 aliphatic heterocycles. The number of carbonyl (C=O) groups excluding carboxylic acids is 2. The largest absolute Gasteiger partial charge is 0.462 e. The number of carbonyl (C=O) groups is 2. The average Bonchev–Trinajstić information content (AvgIpc) is 2.71. The molecule has 0 aliphatic carbocycles. The van der Waals surface area contributed by atoms with Crippen molar-refractivity contribution < 1.29 is 19.1 Å². The summed E-state index contributed by atoms with van der Waals surface area (Å²) in [4.78, 5) is 22.1. The fourth-order valence-corrected chi connectivity index (χ4v) is 2.95. The number of unbranched alkanes of at least 4 members (excludes halogenated alkanes) is 8. The Labute approximate surface area is 199 Å². The molecular formula is C28H52O4. The molecule has 0 N–H and O–H groups in total. The Hall–Kier alpha value is -1.58. The summed E-state index contributed by atoms with van der Waals surface area (Å²) in [6.07, 6.45) is 14.6. The monoisotopic (exact) mass is 452 g/mol. The Morgan fingerprint density at radius 2 is 0.844 bits per heavy atom. The molecule has 188 valence electrons. The van der Waals surface area contributed by atoms with E-state index >= 15 is 0 Å². The summed E-state index contributed by atoms with van der Waals surface area (Å²) >= 11 is 0. The highest BCUT2D eigenvalue weighted by Crippen LogP contribution is 2.11. The lowest BCUT2D eigenvalue weighted by Gasteiger charge is -2.05. The van der Waals surface area contributed by atoms with Gasteiger partial charge in [0.05, 0.1) is 13.2 Å². The minimum atomic E-state index is -0.264. The molecule has 0 saturated heterocycles. The van der Waals surface area contributed by atoms with Crippen LogP contribution in [0, 0.1) is 11.8 Å². The number of hydrogen-bond donors (Lipinski definition) is 0. The van der Waals surface area contributed by atoms with Gasteiger partial charge in [-0.25, -0.2) is 9.59 Å². The highest BCUT2D eigenvalue weighted by atomic mass is 16.5. The van der Waals surface area contributed by atoms with Crippen LogP contribution in [0.1, 0.15) is 119 Å². The molecule has 0 saturated carbocycles. The highest BCUT2D eigenvalue weighted by molar-refractivity contribution is 5.87. The Balaban J connectivity index is 0. The maximum absolute atomic E-state index is 11.0. The highest BCUT2D eigenvalue weighted by Gasteiger charge is 2.02. The molecule has 32 heavy (non-hydrogen) atoms. The van der Waals surface area contributed by atoms with E-state index in [0.29, 0.717) is 24.4 Å². The third-order valence-electron chi connectivity index (χ3n) is 5.01. The van der Waals surface area contributed by atoms with Crippen molar-refractivity contribution in [1.82, 2.24) is 0 Å². The van der Waals surface area contributed by atoms with Crippen molar-refractivity contribution in [2.45, 2.75) is 119 Å². The summed E-state index contributed by atoms with van der Waals surface area (Å²) in [5.41, 5.74) is 0.967. The summed E-state index contributed by atoms with van der Waals surface area (Å²) in [6.45, 7) is 20.5. The maximum Gasteiger partial charge on any atom is 0.333 e. The fourth-order valence-electron chi connectivity index (χ4n) is 2.95. The van der Waals surface area contributed by atoms with Gasteiger partial charge in [0, 0.05) is 11.1 Å². The van der Waals surface area contributed by atoms with E-state index < -0.39 is 0 Å². The average molecular weight is 453 g/mol. The smallest absolute Gasteiger partial charge is 0.333 e. The van der Waals surface area contributed by atoms with Gasteiger partial charge < -0.3 is 9.47 Å². The lowest BCUT2D eigenvalue weighted by atomic mass is 10.0. The van der Waals surface area contributed by atoms with E-state index in [-0.39, 0.29) is 11.9 Å². The van der Waals surface area contributed by atoms with Crippen molar-refractivity contribution >= 4 is 11.9 Å². The summed E-state index contributed by atoms with van der Waals surface area (Å²) in [6, 6.07) is 0. The standard InChI is InChI=1S/2C14H26O2/c2*1-12(2)10-8-6-5-7-9-11-16-14(15)13(3)4/h2*12H,3,5-11H2,1-2,4H3. The van der Waals surface area contributed by atoms with Gasteiger partial charge >= 0.3 is 11.9 Å². The normalized spacial score (nSPS) is 10.5. The predicted molar refractivity (Wildman–Crippen MR) is 137 cm³/mol. The zero-order valence-electron chi connectivity index (χ0n) is 22.1. The fraction of sp³-hybridized carbons (Fsp3) is 0.786. The number of hydrogen-bond acceptors (Lipinski definition) is 4. The Morgan fingerprint density at radius 3 is 1.12 bits per heavy atom. The molecule has 0 heterocycles. The van der Waals surface area contributed by atoms with Gasteiger partial charge in [0.15, 0.2) is 0 Å². The SMILES string of the molecule is C=C(C)C(=O)OCCCCCCCC(C)C.C=C(C)C(=O)OCCCCCCCC(C)C. The molecule has 4 nitrogen and oxygen atoms in total. The first-order chi connectivity index (χ1) is 15.1. The van der Waals surface area contributed by atoms with E-state index in [1.165, 1.54) is 51.4 Å². The zero-order chi connectivity index (χ0) is 24.8. The molecule has 0 spiro atoms. The first kappa shape index (κ1) is 32.6. The molecule has 0 aliphatic rings. The van der Waals surface area contributed by atoms with Crippen LogP contribution >= 0.6 is 0 Å². The van der Waals surface area contributed by atoms with Crippen molar-refractivity contribution in [2.75, 3.05) is 13.2 Å². The third kappa shape index (κ3) is 26.5. The van der Waals surface area contributed by atoms with Crippen LogP contribution in [-0.4, -0.2) is 25.2 Å². The van der Waals surface area contributed by atoms with Crippen LogP contribution in [0.15, 0.2) is 24.3 Å². The molecule has 0 bridgehead atoms. The van der Waals surface area contributed by atoms with Gasteiger partial charge in [0.1, 0.15) is 0 Å². The summed E-state index contributed by atoms with van der Waals surface area (Å²) in [5, 5.41) is 0. The lowest BCUT2D eigenvalue weighted by molar-refractivity contribution is -0.139. The van der Waals surface area contributed by atoms with Gasteiger partial charge in [0.2, 0.25) is 0 Å². The Bertz CT molecular complexity index is 460. The van der Waals surface area contributed by atoms with E-state index in [1.54, 1.807) is 13.8 Å². The van der Waals surface area contributed by atoms with E-state index in [4.69, 9.17) is 9.47 Å². The zero-order valence-corrected chi connectivity index (χ0v) is 22.1. The molecule has 0 radical (unpaired) electrons. The number of rotatable bonds is 18. The van der Waals surface area contributed by atoms with E-state index in [9.17, 15) is 9.59 Å². The molecule has 0 aromatic heterocycles. The van der Waals surface area contributed by atoms with Crippen molar-refractivity contribution in [3.8, 4) is 0 Å². The predicted octanol–water partition coefficient (Wildman–Crippen LogP) is 8.20. The second kappa shape index (κ2) is 22.6. The van der Waals surface area contributed by atoms with Gasteiger partial charge in [-0.05, 0) is 38.5 Å². The second-order valence-electron chi connectivity index (χ2n) is 9.73. The molecule has 0 rings (SSSR count). The first-order valence-corrected chi connectivity index (χ1v) is 12.7. The van der Waals surface area contributed by atoms with Gasteiger partial charge in [-0.1, -0.05) is 105 Å². The van der Waals surface area contributed by atoms with Crippen LogP contribution < -0.4 is 0 Å². The topological polar surface area (TPSA) is 52.6 Å². The summed E-state index contributed by atoms with van der Waals surface area (Å²) in [7, 11) is 0. The van der Waals surface area contributed by atoms with Crippen LogP contribution in [0.25, 0.3) is 0 Å². The van der Waals surface area contributed by atoms with Crippen molar-refractivity contribution in [2.24, 2.45) is 11.8 Å². The number of esters is 2. The van der Waals surface area contributed by atoms with Crippen LogP contribution in [0.2, 0.25) is 0 Å². The summed E-state index contributed by atoms with van der Waals surface area (Å²) < 4.78 is 10.0. The Morgan fingerprint density at radius 1 is 0.562 bits per heavy atom. The third-order valence-corrected chi connectivity index (χ3v) is 5.01. The van der Waals surface area contributed by atoms with Crippen LogP contribution in [0.4, 0.5) is 0 Å². The molecule has 0 atom stereocenters. The van der Waals surface area contributed by atoms with E-state index in [2.05, 4.69) is 40.9 Å². The maximum atomic E-state index is 11.0. The van der Waals surface area contributed by atoms with Gasteiger partial charge in [-0.15, -0.1) is 0 Å². The van der Waals surface area contributed by atoms with Crippen LogP contribution in [-0.2, 0) is 19.1 Å². The van der Waals surface area contributed by atoms with Gasteiger partial charge in [0.25, 0.3) is 0 Å². The van der Waals surface area contributed by atoms with Gasteiger partial charge in [-0.3, -0.25) is 0 Å². The lowest BCUT2D eigenvalue weighted by Crippen LogP contribution is -2.05. The quantitative estimate of drug-likeness (QED) is 0.119. The number of ether oxygens (including phenoxy) is 2. The van der Waals surface area contributed by atoms with Crippen LogP contribution in [0.5, 0.6) is 0 Å². The molecule has 0 aromatic carbocycles.